The Morgan fingerprint density at radius 1 is 1.64 bits per heavy atom. The van der Waals surface area contributed by atoms with Crippen molar-refractivity contribution in [3.63, 3.8) is 0 Å². The van der Waals surface area contributed by atoms with Gasteiger partial charge in [-0.05, 0) is 0 Å². The standard InChI is InChI=1S/C8H7ClF2N2O/c9-7-4(1-12)2-13-5(3-14)6(7)8(10)11/h2-3,8H,1,12H2. The van der Waals surface area contributed by atoms with Gasteiger partial charge in [-0.1, -0.05) is 11.6 Å². The summed E-state index contributed by atoms with van der Waals surface area (Å²) in [5.41, 5.74) is 4.66. The summed E-state index contributed by atoms with van der Waals surface area (Å²) in [6.07, 6.45) is -1.37. The van der Waals surface area contributed by atoms with Gasteiger partial charge in [0, 0.05) is 18.3 Å². The summed E-state index contributed by atoms with van der Waals surface area (Å²) in [5, 5.41) is -0.181. The van der Waals surface area contributed by atoms with Crippen molar-refractivity contribution in [2.24, 2.45) is 5.73 Å². The van der Waals surface area contributed by atoms with E-state index in [1.54, 1.807) is 0 Å². The highest BCUT2D eigenvalue weighted by molar-refractivity contribution is 6.32. The van der Waals surface area contributed by atoms with E-state index in [1.807, 2.05) is 0 Å². The number of alkyl halides is 2. The van der Waals surface area contributed by atoms with E-state index in [4.69, 9.17) is 17.3 Å². The highest BCUT2D eigenvalue weighted by atomic mass is 35.5. The predicted molar refractivity (Wildman–Crippen MR) is 47.5 cm³/mol. The fourth-order valence-corrected chi connectivity index (χ4v) is 1.31. The van der Waals surface area contributed by atoms with E-state index in [1.165, 1.54) is 6.20 Å². The number of carbonyl (C=O) groups excluding carboxylic acids is 1. The molecule has 1 aromatic heterocycles. The first-order valence-electron chi connectivity index (χ1n) is 3.72. The van der Waals surface area contributed by atoms with Gasteiger partial charge in [-0.3, -0.25) is 9.78 Å². The third-order valence-electron chi connectivity index (χ3n) is 1.70. The van der Waals surface area contributed by atoms with Crippen LogP contribution in [0.3, 0.4) is 0 Å². The van der Waals surface area contributed by atoms with Crippen molar-refractivity contribution >= 4 is 17.9 Å². The van der Waals surface area contributed by atoms with Crippen LogP contribution in [0.15, 0.2) is 6.20 Å². The molecule has 2 N–H and O–H groups in total. The first-order chi connectivity index (χ1) is 6.61. The maximum Gasteiger partial charge on any atom is 0.267 e. The normalized spacial score (nSPS) is 10.6. The van der Waals surface area contributed by atoms with Crippen LogP contribution in [0.4, 0.5) is 8.78 Å². The summed E-state index contributed by atoms with van der Waals surface area (Å²) in [4.78, 5) is 13.9. The lowest BCUT2D eigenvalue weighted by molar-refractivity contribution is 0.110. The van der Waals surface area contributed by atoms with E-state index in [0.29, 0.717) is 5.56 Å². The van der Waals surface area contributed by atoms with Crippen LogP contribution < -0.4 is 5.73 Å². The molecule has 1 heterocycles. The van der Waals surface area contributed by atoms with E-state index in [9.17, 15) is 13.6 Å². The number of hydrogen-bond acceptors (Lipinski definition) is 3. The van der Waals surface area contributed by atoms with Crippen molar-refractivity contribution in [2.75, 3.05) is 0 Å². The molecule has 0 aromatic carbocycles. The number of nitrogens with two attached hydrogens (primary N) is 1. The second-order valence-corrected chi connectivity index (χ2v) is 2.90. The number of hydrogen-bond donors (Lipinski definition) is 1. The van der Waals surface area contributed by atoms with Crippen LogP contribution >= 0.6 is 11.6 Å². The molecule has 0 aliphatic rings. The molecule has 0 spiro atoms. The van der Waals surface area contributed by atoms with Crippen molar-refractivity contribution < 1.29 is 13.6 Å². The first kappa shape index (κ1) is 11.0. The van der Waals surface area contributed by atoms with Crippen LogP contribution in [-0.4, -0.2) is 11.3 Å². The molecule has 0 amide bonds. The zero-order valence-electron chi connectivity index (χ0n) is 7.01. The average molecular weight is 221 g/mol. The van der Waals surface area contributed by atoms with Crippen LogP contribution in [-0.2, 0) is 6.54 Å². The predicted octanol–water partition coefficient (Wildman–Crippen LogP) is 1.94. The SMILES string of the molecule is NCc1cnc(C=O)c(C(F)F)c1Cl. The maximum absolute atomic E-state index is 12.5. The molecule has 3 nitrogen and oxygen atoms in total. The monoisotopic (exact) mass is 220 g/mol. The fraction of sp³-hybridized carbons (Fsp3) is 0.250. The second kappa shape index (κ2) is 4.43. The molecule has 76 valence electrons. The van der Waals surface area contributed by atoms with Gasteiger partial charge in [-0.2, -0.15) is 0 Å². The van der Waals surface area contributed by atoms with Crippen LogP contribution in [0.25, 0.3) is 0 Å². The molecule has 1 rings (SSSR count). The lowest BCUT2D eigenvalue weighted by atomic mass is 10.1. The summed E-state index contributed by atoms with van der Waals surface area (Å²) in [6, 6.07) is 0. The molecule has 0 aliphatic carbocycles. The second-order valence-electron chi connectivity index (χ2n) is 2.52. The lowest BCUT2D eigenvalue weighted by Gasteiger charge is -2.08. The Morgan fingerprint density at radius 3 is 2.71 bits per heavy atom. The highest BCUT2D eigenvalue weighted by Gasteiger charge is 2.20. The number of rotatable bonds is 3. The quantitative estimate of drug-likeness (QED) is 0.792. The number of carbonyl (C=O) groups is 1. The van der Waals surface area contributed by atoms with Gasteiger partial charge in [-0.15, -0.1) is 0 Å². The van der Waals surface area contributed by atoms with E-state index >= 15 is 0 Å². The Kier molecular flexibility index (Phi) is 3.49. The number of aromatic nitrogens is 1. The Labute approximate surface area is 83.9 Å². The van der Waals surface area contributed by atoms with Gasteiger partial charge >= 0.3 is 0 Å². The van der Waals surface area contributed by atoms with Gasteiger partial charge in [0.15, 0.2) is 6.29 Å². The molecule has 1 aromatic rings. The van der Waals surface area contributed by atoms with Crippen molar-refractivity contribution in [1.29, 1.82) is 0 Å². The third-order valence-corrected chi connectivity index (χ3v) is 2.15. The molecule has 0 saturated carbocycles. The molecular weight excluding hydrogens is 214 g/mol. The van der Waals surface area contributed by atoms with Crippen molar-refractivity contribution in [2.45, 2.75) is 13.0 Å². The molecule has 14 heavy (non-hydrogen) atoms. The van der Waals surface area contributed by atoms with Gasteiger partial charge in [0.05, 0.1) is 10.6 Å². The molecule has 0 radical (unpaired) electrons. The minimum atomic E-state index is -2.83. The summed E-state index contributed by atoms with van der Waals surface area (Å²) < 4.78 is 24.9. The van der Waals surface area contributed by atoms with Gasteiger partial charge in [-0.25, -0.2) is 8.78 Å². The lowest BCUT2D eigenvalue weighted by Crippen LogP contribution is -2.05. The number of pyridine rings is 1. The van der Waals surface area contributed by atoms with Crippen LogP contribution in [0.5, 0.6) is 0 Å². The van der Waals surface area contributed by atoms with Gasteiger partial charge < -0.3 is 5.73 Å². The number of aldehydes is 1. The molecule has 0 atom stereocenters. The smallest absolute Gasteiger partial charge is 0.267 e. The van der Waals surface area contributed by atoms with E-state index < -0.39 is 12.0 Å². The zero-order valence-corrected chi connectivity index (χ0v) is 7.76. The van der Waals surface area contributed by atoms with Crippen LogP contribution in [0.2, 0.25) is 5.02 Å². The number of halogens is 3. The van der Waals surface area contributed by atoms with E-state index in [2.05, 4.69) is 4.98 Å². The Hall–Kier alpha value is -1.07. The Bertz CT molecular complexity index is 357. The minimum Gasteiger partial charge on any atom is -0.326 e. The maximum atomic E-state index is 12.5. The Balaban J connectivity index is 3.38. The van der Waals surface area contributed by atoms with Crippen molar-refractivity contribution in [3.8, 4) is 0 Å². The van der Waals surface area contributed by atoms with Gasteiger partial charge in [0.1, 0.15) is 5.69 Å². The van der Waals surface area contributed by atoms with Gasteiger partial charge in [0.2, 0.25) is 0 Å². The van der Waals surface area contributed by atoms with Crippen molar-refractivity contribution in [1.82, 2.24) is 4.98 Å². The molecule has 0 aliphatic heterocycles. The molecule has 6 heteroatoms. The zero-order chi connectivity index (χ0) is 10.7. The van der Waals surface area contributed by atoms with Gasteiger partial charge in [0.25, 0.3) is 6.43 Å². The molecule has 0 unspecified atom stereocenters. The summed E-state index contributed by atoms with van der Waals surface area (Å²) in [5.74, 6) is 0. The first-order valence-corrected chi connectivity index (χ1v) is 4.10. The molecular formula is C8H7ClF2N2O. The van der Waals surface area contributed by atoms with Crippen LogP contribution in [0, 0.1) is 0 Å². The molecule has 0 saturated heterocycles. The molecule has 0 bridgehead atoms. The Morgan fingerprint density at radius 2 is 2.29 bits per heavy atom. The third kappa shape index (κ3) is 1.88. The summed E-state index contributed by atoms with van der Waals surface area (Å²) >= 11 is 5.63. The summed E-state index contributed by atoms with van der Waals surface area (Å²) in [7, 11) is 0. The van der Waals surface area contributed by atoms with Crippen molar-refractivity contribution in [3.05, 3.63) is 28.0 Å². The van der Waals surface area contributed by atoms with Crippen LogP contribution in [0.1, 0.15) is 28.0 Å². The molecule has 0 fully saturated rings. The fourth-order valence-electron chi connectivity index (χ4n) is 1.00. The largest absolute Gasteiger partial charge is 0.326 e. The average Bonchev–Trinajstić information content (AvgIpc) is 2.16. The summed E-state index contributed by atoms with van der Waals surface area (Å²) in [6.45, 7) is 0.00465. The van der Waals surface area contributed by atoms with E-state index in [0.717, 1.165) is 0 Å². The van der Waals surface area contributed by atoms with E-state index in [-0.39, 0.29) is 23.5 Å². The highest BCUT2D eigenvalue weighted by Crippen LogP contribution is 2.30. The topological polar surface area (TPSA) is 56.0 Å². The number of nitrogens with zero attached hydrogens (tertiary/aromatic N) is 1. The minimum absolute atomic E-state index is 0.00465.